The molecule has 0 spiro atoms. The first kappa shape index (κ1) is 16.5. The molecule has 5 N–H and O–H groups in total. The molecule has 11 nitrogen and oxygen atoms in total. The first-order chi connectivity index (χ1) is 11.5. The van der Waals surface area contributed by atoms with Crippen molar-refractivity contribution in [2.75, 3.05) is 18.5 Å². The summed E-state index contributed by atoms with van der Waals surface area (Å²) in [5, 5.41) is 40.7. The smallest absolute Gasteiger partial charge is 0.305 e. The van der Waals surface area contributed by atoms with Crippen LogP contribution in [0.1, 0.15) is 12.6 Å². The molecule has 130 valence electrons. The summed E-state index contributed by atoms with van der Waals surface area (Å²) in [4.78, 5) is 22.9. The van der Waals surface area contributed by atoms with Crippen molar-refractivity contribution >= 4 is 23.0 Å². The Bertz CT molecular complexity index is 737. The van der Waals surface area contributed by atoms with E-state index >= 15 is 0 Å². The molecular weight excluding hydrogens is 322 g/mol. The molecule has 3 rings (SSSR count). The van der Waals surface area contributed by atoms with E-state index in [0.717, 1.165) is 0 Å². The molecule has 0 unspecified atom stereocenters. The minimum atomic E-state index is -1.25. The lowest BCUT2D eigenvalue weighted by Crippen LogP contribution is -2.33. The molecule has 0 amide bonds. The molecule has 2 aromatic heterocycles. The summed E-state index contributed by atoms with van der Waals surface area (Å²) >= 11 is 0. The summed E-state index contributed by atoms with van der Waals surface area (Å²) < 4.78 is 6.89. The van der Waals surface area contributed by atoms with Crippen LogP contribution in [0.5, 0.6) is 0 Å². The molecular formula is C13H17N5O6. The van der Waals surface area contributed by atoms with Gasteiger partial charge >= 0.3 is 5.97 Å². The van der Waals surface area contributed by atoms with E-state index in [-0.39, 0.29) is 13.0 Å². The van der Waals surface area contributed by atoms with Crippen LogP contribution in [-0.4, -0.2) is 77.4 Å². The normalized spacial score (nSPS) is 26.8. The third kappa shape index (κ3) is 2.89. The molecule has 1 aliphatic rings. The molecule has 24 heavy (non-hydrogen) atoms. The second kappa shape index (κ2) is 6.65. The molecule has 11 heteroatoms. The van der Waals surface area contributed by atoms with E-state index < -0.39 is 37.1 Å². The van der Waals surface area contributed by atoms with Crippen LogP contribution >= 0.6 is 0 Å². The molecule has 1 aliphatic heterocycles. The average molecular weight is 339 g/mol. The number of carboxylic acids is 1. The summed E-state index contributed by atoms with van der Waals surface area (Å²) in [5.74, 6) is -0.586. The number of nitrogens with one attached hydrogen (secondary N) is 1. The topological polar surface area (TPSA) is 163 Å². The van der Waals surface area contributed by atoms with Crippen LogP contribution in [0.15, 0.2) is 12.7 Å². The molecule has 0 saturated carbocycles. The number of aliphatic hydroxyl groups excluding tert-OH is 3. The van der Waals surface area contributed by atoms with Crippen LogP contribution in [0.4, 0.5) is 5.82 Å². The van der Waals surface area contributed by atoms with E-state index in [1.807, 2.05) is 0 Å². The standard InChI is InChI=1S/C13H17N5O6/c19-3-6-9(22)10(23)13(24-6)18-5-17-8-11(14-2-1-7(20)21)15-4-16-12(8)18/h4-6,9-10,13,19,22-23H,1-3H2,(H,20,21)(H,14,15,16)/t6-,9+,10-,13+/m0/s1. The summed E-state index contributed by atoms with van der Waals surface area (Å²) in [5.41, 5.74) is 0.721. The maximum atomic E-state index is 10.6. The highest BCUT2D eigenvalue weighted by Gasteiger charge is 2.44. The Morgan fingerprint density at radius 2 is 2.08 bits per heavy atom. The number of fused-ring (bicyclic) bond motifs is 1. The van der Waals surface area contributed by atoms with E-state index in [0.29, 0.717) is 17.0 Å². The Morgan fingerprint density at radius 3 is 2.75 bits per heavy atom. The average Bonchev–Trinajstić information content (AvgIpc) is 3.10. The maximum Gasteiger partial charge on any atom is 0.305 e. The summed E-state index contributed by atoms with van der Waals surface area (Å²) in [6.45, 7) is -0.263. The van der Waals surface area contributed by atoms with Crippen LogP contribution in [0.3, 0.4) is 0 Å². The molecule has 0 bridgehead atoms. The molecule has 0 radical (unpaired) electrons. The number of ether oxygens (including phenoxy) is 1. The van der Waals surface area contributed by atoms with Gasteiger partial charge in [-0.2, -0.15) is 0 Å². The summed E-state index contributed by atoms with van der Waals surface area (Å²) in [7, 11) is 0. The van der Waals surface area contributed by atoms with Gasteiger partial charge in [0, 0.05) is 6.54 Å². The van der Waals surface area contributed by atoms with Crippen molar-refractivity contribution in [2.24, 2.45) is 0 Å². The number of rotatable bonds is 6. The number of carboxylic acid groups (broad SMARTS) is 1. The van der Waals surface area contributed by atoms with Gasteiger partial charge in [0.15, 0.2) is 23.2 Å². The summed E-state index contributed by atoms with van der Waals surface area (Å²) in [6.07, 6.45) is -1.78. The van der Waals surface area contributed by atoms with Crippen molar-refractivity contribution in [3.05, 3.63) is 12.7 Å². The fourth-order valence-corrected chi connectivity index (χ4v) is 2.57. The predicted octanol–water partition coefficient (Wildman–Crippen LogP) is -1.68. The molecule has 0 aliphatic carbocycles. The monoisotopic (exact) mass is 339 g/mol. The molecule has 1 fully saturated rings. The van der Waals surface area contributed by atoms with E-state index in [2.05, 4.69) is 20.3 Å². The zero-order valence-corrected chi connectivity index (χ0v) is 12.5. The Morgan fingerprint density at radius 1 is 1.29 bits per heavy atom. The first-order valence-electron chi connectivity index (χ1n) is 7.28. The number of hydrogen-bond donors (Lipinski definition) is 5. The van der Waals surface area contributed by atoms with Gasteiger partial charge < -0.3 is 30.5 Å². The van der Waals surface area contributed by atoms with Gasteiger partial charge in [0.2, 0.25) is 0 Å². The molecule has 4 atom stereocenters. The lowest BCUT2D eigenvalue weighted by Gasteiger charge is -2.16. The minimum absolute atomic E-state index is 0.0823. The number of imidazole rings is 1. The van der Waals surface area contributed by atoms with Crippen LogP contribution in [0.25, 0.3) is 11.2 Å². The van der Waals surface area contributed by atoms with E-state index in [9.17, 15) is 15.0 Å². The number of aliphatic hydroxyl groups is 3. The predicted molar refractivity (Wildman–Crippen MR) is 79.1 cm³/mol. The van der Waals surface area contributed by atoms with Crippen molar-refractivity contribution in [3.63, 3.8) is 0 Å². The SMILES string of the molecule is O=C(O)CCNc1ncnc2c1ncn2[C@@H]1O[C@@H](CO)[C@@H](O)[C@@H]1O. The minimum Gasteiger partial charge on any atom is -0.481 e. The highest BCUT2D eigenvalue weighted by molar-refractivity contribution is 5.82. The zero-order chi connectivity index (χ0) is 17.3. The van der Waals surface area contributed by atoms with Gasteiger partial charge in [-0.05, 0) is 0 Å². The van der Waals surface area contributed by atoms with Crippen molar-refractivity contribution in [1.82, 2.24) is 19.5 Å². The largest absolute Gasteiger partial charge is 0.481 e. The van der Waals surface area contributed by atoms with Crippen molar-refractivity contribution in [2.45, 2.75) is 31.0 Å². The van der Waals surface area contributed by atoms with Gasteiger partial charge in [-0.3, -0.25) is 9.36 Å². The van der Waals surface area contributed by atoms with Crippen molar-refractivity contribution in [3.8, 4) is 0 Å². The molecule has 2 aromatic rings. The van der Waals surface area contributed by atoms with Crippen LogP contribution in [0.2, 0.25) is 0 Å². The lowest BCUT2D eigenvalue weighted by atomic mass is 10.1. The van der Waals surface area contributed by atoms with E-state index in [1.54, 1.807) is 0 Å². The second-order valence-electron chi connectivity index (χ2n) is 5.35. The Hall–Kier alpha value is -2.34. The van der Waals surface area contributed by atoms with Gasteiger partial charge in [-0.15, -0.1) is 0 Å². The van der Waals surface area contributed by atoms with Crippen LogP contribution in [-0.2, 0) is 9.53 Å². The maximum absolute atomic E-state index is 10.6. The van der Waals surface area contributed by atoms with Gasteiger partial charge in [0.1, 0.15) is 24.6 Å². The van der Waals surface area contributed by atoms with Crippen LogP contribution < -0.4 is 5.32 Å². The Kier molecular flexibility index (Phi) is 4.57. The number of anilines is 1. The van der Waals surface area contributed by atoms with Gasteiger partial charge in [0.05, 0.1) is 19.4 Å². The Labute approximate surface area is 135 Å². The number of aromatic nitrogens is 4. The fourth-order valence-electron chi connectivity index (χ4n) is 2.57. The summed E-state index contributed by atoms with van der Waals surface area (Å²) in [6, 6.07) is 0. The molecule has 1 saturated heterocycles. The van der Waals surface area contributed by atoms with E-state index in [1.165, 1.54) is 17.2 Å². The number of carbonyl (C=O) groups is 1. The number of nitrogens with zero attached hydrogens (tertiary/aromatic N) is 4. The quantitative estimate of drug-likeness (QED) is 0.411. The van der Waals surface area contributed by atoms with Crippen LogP contribution in [0, 0.1) is 0 Å². The highest BCUT2D eigenvalue weighted by atomic mass is 16.6. The number of aliphatic carboxylic acids is 1. The molecule has 0 aromatic carbocycles. The van der Waals surface area contributed by atoms with Gasteiger partial charge in [-0.1, -0.05) is 0 Å². The lowest BCUT2D eigenvalue weighted by molar-refractivity contribution is -0.136. The second-order valence-corrected chi connectivity index (χ2v) is 5.35. The van der Waals surface area contributed by atoms with Gasteiger partial charge in [0.25, 0.3) is 0 Å². The third-order valence-corrected chi connectivity index (χ3v) is 3.78. The molecule has 3 heterocycles. The van der Waals surface area contributed by atoms with E-state index in [4.69, 9.17) is 14.9 Å². The third-order valence-electron chi connectivity index (χ3n) is 3.78. The Balaban J connectivity index is 1.87. The van der Waals surface area contributed by atoms with Gasteiger partial charge in [-0.25, -0.2) is 15.0 Å². The first-order valence-corrected chi connectivity index (χ1v) is 7.28. The fraction of sp³-hybridized carbons (Fsp3) is 0.538. The number of hydrogen-bond acceptors (Lipinski definition) is 9. The zero-order valence-electron chi connectivity index (χ0n) is 12.5. The van der Waals surface area contributed by atoms with Crippen molar-refractivity contribution in [1.29, 1.82) is 0 Å². The highest BCUT2D eigenvalue weighted by Crippen LogP contribution is 2.31. The van der Waals surface area contributed by atoms with Crippen molar-refractivity contribution < 1.29 is 30.0 Å².